The summed E-state index contributed by atoms with van der Waals surface area (Å²) in [7, 11) is 0. The van der Waals surface area contributed by atoms with Gasteiger partial charge in [-0.25, -0.2) is 5.01 Å². The van der Waals surface area contributed by atoms with Crippen LogP contribution in [0.15, 0.2) is 40.7 Å². The van der Waals surface area contributed by atoms with Crippen LogP contribution in [0, 0.1) is 0 Å². The highest BCUT2D eigenvalue weighted by molar-refractivity contribution is 5.47. The van der Waals surface area contributed by atoms with Gasteiger partial charge < -0.3 is 5.11 Å². The maximum atomic E-state index is 10.5. The van der Waals surface area contributed by atoms with Crippen molar-refractivity contribution in [1.29, 1.82) is 0 Å². The van der Waals surface area contributed by atoms with Crippen LogP contribution < -0.4 is 5.01 Å². The molecule has 1 aromatic rings. The van der Waals surface area contributed by atoms with Gasteiger partial charge in [0.1, 0.15) is 5.54 Å². The predicted molar refractivity (Wildman–Crippen MR) is 65.6 cm³/mol. The van der Waals surface area contributed by atoms with Gasteiger partial charge in [0.25, 0.3) is 0 Å². The minimum absolute atomic E-state index is 0.353. The molecule has 1 fully saturated rings. The Labute approximate surface area is 101 Å². The van der Waals surface area contributed by atoms with Crippen molar-refractivity contribution >= 4 is 5.69 Å². The van der Waals surface area contributed by atoms with E-state index in [1.807, 2.05) is 30.3 Å². The van der Waals surface area contributed by atoms with Crippen molar-refractivity contribution in [2.75, 3.05) is 5.01 Å². The number of nitrogens with zero attached hydrogens (tertiary/aromatic N) is 3. The molecule has 1 heterocycles. The average molecular weight is 231 g/mol. The van der Waals surface area contributed by atoms with Crippen molar-refractivity contribution in [2.45, 2.75) is 43.9 Å². The van der Waals surface area contributed by atoms with Crippen LogP contribution in [-0.2, 0) is 0 Å². The minimum atomic E-state index is -0.606. The number of rotatable bonds is 1. The van der Waals surface area contributed by atoms with Crippen LogP contribution in [0.3, 0.4) is 0 Å². The third-order valence-corrected chi connectivity index (χ3v) is 3.79. The minimum Gasteiger partial charge on any atom is -0.369 e. The molecule has 1 atom stereocenters. The summed E-state index contributed by atoms with van der Waals surface area (Å²) in [4.78, 5) is 0. The zero-order valence-electron chi connectivity index (χ0n) is 9.79. The van der Waals surface area contributed by atoms with E-state index in [1.165, 1.54) is 6.42 Å². The molecule has 0 amide bonds. The van der Waals surface area contributed by atoms with Crippen molar-refractivity contribution in [3.8, 4) is 0 Å². The van der Waals surface area contributed by atoms with E-state index >= 15 is 0 Å². The lowest BCUT2D eigenvalue weighted by Crippen LogP contribution is -2.46. The number of benzene rings is 1. The second-order valence-corrected chi connectivity index (χ2v) is 4.91. The summed E-state index contributed by atoms with van der Waals surface area (Å²) in [6.07, 6.45) is 4.81. The van der Waals surface area contributed by atoms with Crippen LogP contribution >= 0.6 is 0 Å². The maximum Gasteiger partial charge on any atom is 0.176 e. The van der Waals surface area contributed by atoms with Gasteiger partial charge >= 0.3 is 0 Å². The molecule has 3 rings (SSSR count). The van der Waals surface area contributed by atoms with Gasteiger partial charge in [-0.3, -0.25) is 0 Å². The molecule has 1 aliphatic carbocycles. The van der Waals surface area contributed by atoms with Crippen LogP contribution in [0.4, 0.5) is 5.69 Å². The Bertz CT molecular complexity index is 412. The quantitative estimate of drug-likeness (QED) is 0.807. The molecule has 17 heavy (non-hydrogen) atoms. The van der Waals surface area contributed by atoms with Gasteiger partial charge in [0.2, 0.25) is 0 Å². The lowest BCUT2D eigenvalue weighted by molar-refractivity contribution is 0.0786. The number of hydrogen-bond donors (Lipinski definition) is 1. The molecule has 1 unspecified atom stereocenters. The smallest absolute Gasteiger partial charge is 0.176 e. The largest absolute Gasteiger partial charge is 0.369 e. The molecule has 1 spiro atoms. The summed E-state index contributed by atoms with van der Waals surface area (Å²) < 4.78 is 0. The summed E-state index contributed by atoms with van der Waals surface area (Å²) >= 11 is 0. The third-order valence-electron chi connectivity index (χ3n) is 3.79. The van der Waals surface area contributed by atoms with E-state index in [-0.39, 0.29) is 5.54 Å². The Morgan fingerprint density at radius 2 is 1.82 bits per heavy atom. The summed E-state index contributed by atoms with van der Waals surface area (Å²) in [5.74, 6) is 0. The number of hydrogen-bond acceptors (Lipinski definition) is 4. The standard InChI is InChI=1S/C13H17N3O/c17-12-13(9-5-2-6-10-13)14-15-16(12)11-7-3-1-4-8-11/h1,3-4,7-8,12,17H,2,5-6,9-10H2. The number of aliphatic hydroxyl groups excluding tert-OH is 1. The van der Waals surface area contributed by atoms with E-state index in [0.29, 0.717) is 0 Å². The topological polar surface area (TPSA) is 48.2 Å². The molecular formula is C13H17N3O. The molecule has 0 bridgehead atoms. The van der Waals surface area contributed by atoms with Gasteiger partial charge in [-0.15, -0.1) is 0 Å². The maximum absolute atomic E-state index is 10.5. The Kier molecular flexibility index (Phi) is 2.59. The highest BCUT2D eigenvalue weighted by atomic mass is 16.3. The van der Waals surface area contributed by atoms with Crippen LogP contribution in [0.1, 0.15) is 32.1 Å². The number of para-hydroxylation sites is 1. The molecule has 1 saturated carbocycles. The third kappa shape index (κ3) is 1.72. The van der Waals surface area contributed by atoms with Crippen LogP contribution in [0.5, 0.6) is 0 Å². The Morgan fingerprint density at radius 1 is 1.12 bits per heavy atom. The first-order chi connectivity index (χ1) is 8.32. The lowest BCUT2D eigenvalue weighted by atomic mass is 9.81. The average Bonchev–Trinajstić information content (AvgIpc) is 2.70. The second kappa shape index (κ2) is 4.11. The Morgan fingerprint density at radius 3 is 2.53 bits per heavy atom. The molecule has 2 aliphatic rings. The molecular weight excluding hydrogens is 214 g/mol. The van der Waals surface area contributed by atoms with Crippen LogP contribution in [-0.4, -0.2) is 16.9 Å². The van der Waals surface area contributed by atoms with Crippen molar-refractivity contribution in [2.24, 2.45) is 10.3 Å². The molecule has 90 valence electrons. The number of aliphatic hydroxyl groups is 1. The molecule has 0 saturated heterocycles. The Balaban J connectivity index is 1.85. The van der Waals surface area contributed by atoms with Crippen LogP contribution in [0.25, 0.3) is 0 Å². The summed E-state index contributed by atoms with van der Waals surface area (Å²) in [6.45, 7) is 0. The molecule has 0 aromatic heterocycles. The fraction of sp³-hybridized carbons (Fsp3) is 0.538. The van der Waals surface area contributed by atoms with Gasteiger partial charge in [-0.05, 0) is 25.0 Å². The van der Waals surface area contributed by atoms with Crippen molar-refractivity contribution in [3.05, 3.63) is 30.3 Å². The highest BCUT2D eigenvalue weighted by Crippen LogP contribution is 2.41. The van der Waals surface area contributed by atoms with E-state index < -0.39 is 6.23 Å². The van der Waals surface area contributed by atoms with Gasteiger partial charge in [-0.2, -0.15) is 5.11 Å². The number of anilines is 1. The highest BCUT2D eigenvalue weighted by Gasteiger charge is 2.47. The second-order valence-electron chi connectivity index (χ2n) is 4.91. The summed E-state index contributed by atoms with van der Waals surface area (Å²) in [5.41, 5.74) is 0.555. The first kappa shape index (κ1) is 10.7. The van der Waals surface area contributed by atoms with E-state index in [4.69, 9.17) is 0 Å². The van der Waals surface area contributed by atoms with E-state index in [1.54, 1.807) is 5.01 Å². The van der Waals surface area contributed by atoms with E-state index in [0.717, 1.165) is 31.4 Å². The predicted octanol–water partition coefficient (Wildman–Crippen LogP) is 2.90. The molecule has 1 aromatic carbocycles. The van der Waals surface area contributed by atoms with Gasteiger partial charge in [0.15, 0.2) is 6.23 Å². The zero-order chi connectivity index (χ0) is 11.7. The first-order valence-electron chi connectivity index (χ1n) is 6.27. The molecule has 1 aliphatic heterocycles. The molecule has 1 N–H and O–H groups in total. The molecule has 4 heteroatoms. The van der Waals surface area contributed by atoms with Gasteiger partial charge in [-0.1, -0.05) is 42.7 Å². The first-order valence-corrected chi connectivity index (χ1v) is 6.27. The Hall–Kier alpha value is -1.42. The van der Waals surface area contributed by atoms with Crippen LogP contribution in [0.2, 0.25) is 0 Å². The van der Waals surface area contributed by atoms with E-state index in [2.05, 4.69) is 10.3 Å². The van der Waals surface area contributed by atoms with Crippen molar-refractivity contribution < 1.29 is 5.11 Å². The zero-order valence-corrected chi connectivity index (χ0v) is 9.79. The van der Waals surface area contributed by atoms with Gasteiger partial charge in [0, 0.05) is 0 Å². The SMILES string of the molecule is OC1N(c2ccccc2)N=NC12CCCCC2. The molecule has 4 nitrogen and oxygen atoms in total. The monoisotopic (exact) mass is 231 g/mol. The lowest BCUT2D eigenvalue weighted by Gasteiger charge is -2.34. The normalized spacial score (nSPS) is 26.6. The summed E-state index contributed by atoms with van der Waals surface area (Å²) in [6, 6.07) is 9.75. The van der Waals surface area contributed by atoms with Crippen molar-refractivity contribution in [3.63, 3.8) is 0 Å². The molecule has 0 radical (unpaired) electrons. The van der Waals surface area contributed by atoms with Gasteiger partial charge in [0.05, 0.1) is 5.69 Å². The summed E-state index contributed by atoms with van der Waals surface area (Å²) in [5, 5.41) is 20.6. The fourth-order valence-electron chi connectivity index (χ4n) is 2.76. The van der Waals surface area contributed by atoms with Crippen molar-refractivity contribution in [1.82, 2.24) is 0 Å². The van der Waals surface area contributed by atoms with E-state index in [9.17, 15) is 5.11 Å². The fourth-order valence-corrected chi connectivity index (χ4v) is 2.76.